The first-order chi connectivity index (χ1) is 5.81. The molecule has 2 rings (SSSR count). The molecule has 2 heterocycles. The molecule has 2 heteroatoms. The van der Waals surface area contributed by atoms with Gasteiger partial charge in [-0.15, -0.1) is 0 Å². The lowest BCUT2D eigenvalue weighted by molar-refractivity contribution is 0.243. The van der Waals surface area contributed by atoms with Crippen LogP contribution >= 0.6 is 0 Å². The highest BCUT2D eigenvalue weighted by molar-refractivity contribution is 4.99. The number of nitrogens with one attached hydrogen (secondary N) is 2. The number of piperidine rings is 1. The van der Waals surface area contributed by atoms with E-state index in [2.05, 4.69) is 17.6 Å². The minimum atomic E-state index is 0.403. The van der Waals surface area contributed by atoms with E-state index in [0.29, 0.717) is 5.54 Å². The van der Waals surface area contributed by atoms with Gasteiger partial charge in [0.05, 0.1) is 0 Å². The molecule has 2 nitrogen and oxygen atoms in total. The summed E-state index contributed by atoms with van der Waals surface area (Å²) in [5.74, 6) is 0. The molecule has 0 aliphatic carbocycles. The van der Waals surface area contributed by atoms with Gasteiger partial charge in [-0.3, -0.25) is 0 Å². The molecule has 0 aromatic rings. The predicted octanol–water partition coefficient (Wildman–Crippen LogP) is 1.27. The van der Waals surface area contributed by atoms with Gasteiger partial charge < -0.3 is 10.6 Å². The van der Waals surface area contributed by atoms with Crippen molar-refractivity contribution < 1.29 is 0 Å². The fourth-order valence-electron chi connectivity index (χ4n) is 2.61. The van der Waals surface area contributed by atoms with Crippen LogP contribution in [0.4, 0.5) is 0 Å². The van der Waals surface area contributed by atoms with Crippen LogP contribution in [0.3, 0.4) is 0 Å². The van der Waals surface area contributed by atoms with Gasteiger partial charge in [0.25, 0.3) is 0 Å². The summed E-state index contributed by atoms with van der Waals surface area (Å²) in [5.41, 5.74) is 0.403. The van der Waals surface area contributed by atoms with E-state index in [0.717, 1.165) is 6.04 Å². The quantitative estimate of drug-likeness (QED) is 0.616. The largest absolute Gasteiger partial charge is 0.312 e. The Morgan fingerprint density at radius 1 is 1.17 bits per heavy atom. The number of hydrogen-bond donors (Lipinski definition) is 2. The van der Waals surface area contributed by atoms with Gasteiger partial charge in [0.1, 0.15) is 0 Å². The lowest BCUT2D eigenvalue weighted by atomic mass is 9.85. The van der Waals surface area contributed by atoms with E-state index in [-0.39, 0.29) is 0 Å². The zero-order valence-corrected chi connectivity index (χ0v) is 8.03. The molecule has 2 aliphatic rings. The van der Waals surface area contributed by atoms with Gasteiger partial charge in [-0.2, -0.15) is 0 Å². The summed E-state index contributed by atoms with van der Waals surface area (Å²) in [6, 6.07) is 0.730. The van der Waals surface area contributed by atoms with Gasteiger partial charge in [-0.1, -0.05) is 6.42 Å². The zero-order chi connectivity index (χ0) is 8.44. The molecule has 2 atom stereocenters. The topological polar surface area (TPSA) is 24.1 Å². The second-order valence-corrected chi connectivity index (χ2v) is 4.45. The van der Waals surface area contributed by atoms with E-state index >= 15 is 0 Å². The van der Waals surface area contributed by atoms with Gasteiger partial charge in [0.15, 0.2) is 0 Å². The Kier molecular flexibility index (Phi) is 2.37. The third-order valence-corrected chi connectivity index (χ3v) is 3.48. The van der Waals surface area contributed by atoms with E-state index in [4.69, 9.17) is 0 Å². The summed E-state index contributed by atoms with van der Waals surface area (Å²) in [6.45, 7) is 4.82. The maximum atomic E-state index is 3.64. The predicted molar refractivity (Wildman–Crippen MR) is 51.3 cm³/mol. The standard InChI is InChI=1S/C10H20N2/c1-10(6-4-8-12-10)9-5-2-3-7-11-9/h9,11-12H,2-8H2,1H3. The molecule has 2 fully saturated rings. The molecule has 0 radical (unpaired) electrons. The molecule has 0 saturated carbocycles. The van der Waals surface area contributed by atoms with Gasteiger partial charge in [0.2, 0.25) is 0 Å². The molecule has 12 heavy (non-hydrogen) atoms. The number of hydrogen-bond acceptors (Lipinski definition) is 2. The van der Waals surface area contributed by atoms with Crippen LogP contribution in [0.25, 0.3) is 0 Å². The smallest absolute Gasteiger partial charge is 0.0307 e. The highest BCUT2D eigenvalue weighted by Crippen LogP contribution is 2.27. The van der Waals surface area contributed by atoms with Gasteiger partial charge in [-0.05, 0) is 45.7 Å². The Balaban J connectivity index is 1.96. The summed E-state index contributed by atoms with van der Waals surface area (Å²) in [7, 11) is 0. The second-order valence-electron chi connectivity index (χ2n) is 4.45. The van der Waals surface area contributed by atoms with E-state index in [1.54, 1.807) is 0 Å². The van der Waals surface area contributed by atoms with Crippen LogP contribution in [0.1, 0.15) is 39.0 Å². The van der Waals surface area contributed by atoms with Crippen LogP contribution in [-0.2, 0) is 0 Å². The molecule has 0 bridgehead atoms. The first kappa shape index (κ1) is 8.52. The highest BCUT2D eigenvalue weighted by Gasteiger charge is 2.36. The SMILES string of the molecule is CC1(C2CCCCN2)CCCN1. The molecule has 0 aromatic carbocycles. The molecular weight excluding hydrogens is 148 g/mol. The fraction of sp³-hybridized carbons (Fsp3) is 1.00. The molecular formula is C10H20N2. The lowest BCUT2D eigenvalue weighted by Crippen LogP contribution is -2.56. The molecule has 70 valence electrons. The first-order valence-corrected chi connectivity index (χ1v) is 5.30. The molecule has 0 spiro atoms. The average Bonchev–Trinajstić information content (AvgIpc) is 2.55. The van der Waals surface area contributed by atoms with Crippen LogP contribution in [0.5, 0.6) is 0 Å². The van der Waals surface area contributed by atoms with E-state index < -0.39 is 0 Å². The van der Waals surface area contributed by atoms with Crippen molar-refractivity contribution in [2.45, 2.75) is 50.6 Å². The Labute approximate surface area is 75.1 Å². The summed E-state index contributed by atoms with van der Waals surface area (Å²) in [6.07, 6.45) is 6.85. The first-order valence-electron chi connectivity index (χ1n) is 5.30. The second kappa shape index (κ2) is 3.35. The van der Waals surface area contributed by atoms with Crippen molar-refractivity contribution in [3.63, 3.8) is 0 Å². The summed E-state index contributed by atoms with van der Waals surface area (Å²) >= 11 is 0. The van der Waals surface area contributed by atoms with Crippen molar-refractivity contribution in [2.24, 2.45) is 0 Å². The van der Waals surface area contributed by atoms with Crippen LogP contribution in [0.15, 0.2) is 0 Å². The van der Waals surface area contributed by atoms with E-state index in [9.17, 15) is 0 Å². The Bertz CT molecular complexity index is 144. The maximum Gasteiger partial charge on any atom is 0.0307 e. The zero-order valence-electron chi connectivity index (χ0n) is 8.03. The average molecular weight is 168 g/mol. The van der Waals surface area contributed by atoms with Crippen LogP contribution in [0, 0.1) is 0 Å². The maximum absolute atomic E-state index is 3.64. The molecule has 0 amide bonds. The van der Waals surface area contributed by atoms with Gasteiger partial charge in [-0.25, -0.2) is 0 Å². The van der Waals surface area contributed by atoms with Crippen molar-refractivity contribution in [1.29, 1.82) is 0 Å². The molecule has 0 aromatic heterocycles. The summed E-state index contributed by atoms with van der Waals surface area (Å²) in [4.78, 5) is 0. The Hall–Kier alpha value is -0.0800. The van der Waals surface area contributed by atoms with Crippen molar-refractivity contribution in [1.82, 2.24) is 10.6 Å². The summed E-state index contributed by atoms with van der Waals surface area (Å²) < 4.78 is 0. The Morgan fingerprint density at radius 3 is 2.67 bits per heavy atom. The third-order valence-electron chi connectivity index (χ3n) is 3.48. The molecule has 2 aliphatic heterocycles. The molecule has 2 N–H and O–H groups in total. The van der Waals surface area contributed by atoms with Crippen LogP contribution < -0.4 is 10.6 Å². The van der Waals surface area contributed by atoms with Crippen molar-refractivity contribution >= 4 is 0 Å². The van der Waals surface area contributed by atoms with Crippen molar-refractivity contribution in [3.8, 4) is 0 Å². The minimum absolute atomic E-state index is 0.403. The third kappa shape index (κ3) is 1.50. The molecule has 2 saturated heterocycles. The van der Waals surface area contributed by atoms with E-state index in [1.807, 2.05) is 0 Å². The fourth-order valence-corrected chi connectivity index (χ4v) is 2.61. The number of rotatable bonds is 1. The van der Waals surface area contributed by atoms with Crippen molar-refractivity contribution in [2.75, 3.05) is 13.1 Å². The lowest BCUT2D eigenvalue weighted by Gasteiger charge is -2.37. The monoisotopic (exact) mass is 168 g/mol. The molecule has 2 unspecified atom stereocenters. The minimum Gasteiger partial charge on any atom is -0.312 e. The van der Waals surface area contributed by atoms with Gasteiger partial charge >= 0.3 is 0 Å². The summed E-state index contributed by atoms with van der Waals surface area (Å²) in [5, 5.41) is 7.28. The van der Waals surface area contributed by atoms with Gasteiger partial charge in [0, 0.05) is 11.6 Å². The van der Waals surface area contributed by atoms with E-state index in [1.165, 1.54) is 45.2 Å². The van der Waals surface area contributed by atoms with Crippen molar-refractivity contribution in [3.05, 3.63) is 0 Å². The Morgan fingerprint density at radius 2 is 2.08 bits per heavy atom. The van der Waals surface area contributed by atoms with Crippen LogP contribution in [0.2, 0.25) is 0 Å². The normalized spacial score (nSPS) is 43.2. The highest BCUT2D eigenvalue weighted by atomic mass is 15.1. The van der Waals surface area contributed by atoms with Crippen LogP contribution in [-0.4, -0.2) is 24.7 Å².